The van der Waals surface area contributed by atoms with Gasteiger partial charge in [-0.05, 0) is 24.5 Å². The van der Waals surface area contributed by atoms with Gasteiger partial charge in [-0.3, -0.25) is 0 Å². The predicted octanol–water partition coefficient (Wildman–Crippen LogP) is 3.16. The molecular formula is C14H16ClF2NO3. The SMILES string of the molecule is NC(=O)OC[C@H](CC1CC1)C(O)c1c(F)cc(Cl)cc1F. The van der Waals surface area contributed by atoms with E-state index in [2.05, 4.69) is 4.74 Å². The van der Waals surface area contributed by atoms with Crippen molar-refractivity contribution in [2.75, 3.05) is 6.61 Å². The molecule has 1 saturated carbocycles. The van der Waals surface area contributed by atoms with Crippen LogP contribution in [0.5, 0.6) is 0 Å². The van der Waals surface area contributed by atoms with E-state index in [1.54, 1.807) is 0 Å². The van der Waals surface area contributed by atoms with Crippen LogP contribution in [0.3, 0.4) is 0 Å². The van der Waals surface area contributed by atoms with Crippen molar-refractivity contribution >= 4 is 17.7 Å². The van der Waals surface area contributed by atoms with Crippen LogP contribution < -0.4 is 5.73 Å². The second-order valence-corrected chi connectivity index (χ2v) is 5.73. The maximum atomic E-state index is 13.9. The van der Waals surface area contributed by atoms with E-state index in [0.717, 1.165) is 25.0 Å². The Morgan fingerprint density at radius 3 is 2.48 bits per heavy atom. The van der Waals surface area contributed by atoms with Gasteiger partial charge in [-0.25, -0.2) is 13.6 Å². The van der Waals surface area contributed by atoms with E-state index >= 15 is 0 Å². The molecule has 1 aromatic carbocycles. The fourth-order valence-corrected chi connectivity index (χ4v) is 2.52. The summed E-state index contributed by atoms with van der Waals surface area (Å²) in [6, 6.07) is 1.87. The molecule has 0 aliphatic heterocycles. The molecule has 4 nitrogen and oxygen atoms in total. The number of hydrogen-bond donors (Lipinski definition) is 2. The van der Waals surface area contributed by atoms with Crippen molar-refractivity contribution in [2.45, 2.75) is 25.4 Å². The lowest BCUT2D eigenvalue weighted by Gasteiger charge is -2.23. The first-order valence-corrected chi connectivity index (χ1v) is 7.01. The molecule has 7 heteroatoms. The number of amides is 1. The molecule has 1 aliphatic rings. The molecule has 2 atom stereocenters. The van der Waals surface area contributed by atoms with Gasteiger partial charge in [0.05, 0.1) is 18.3 Å². The van der Waals surface area contributed by atoms with Gasteiger partial charge in [0.25, 0.3) is 0 Å². The number of hydrogen-bond acceptors (Lipinski definition) is 3. The smallest absolute Gasteiger partial charge is 0.404 e. The van der Waals surface area contributed by atoms with Crippen molar-refractivity contribution < 1.29 is 23.4 Å². The molecule has 0 spiro atoms. The fraction of sp³-hybridized carbons (Fsp3) is 0.500. The third-order valence-corrected chi connectivity index (χ3v) is 3.78. The molecule has 1 amide bonds. The standard InChI is InChI=1S/C14H16ClF2NO3/c15-9-4-10(16)12(11(17)5-9)13(19)8(3-7-1-2-7)6-21-14(18)20/h4-5,7-8,13,19H,1-3,6H2,(H2,18,20)/t8-,13?/m0/s1. The molecule has 0 aromatic heterocycles. The molecule has 1 unspecified atom stereocenters. The number of aliphatic hydroxyl groups excluding tert-OH is 1. The lowest BCUT2D eigenvalue weighted by Crippen LogP contribution is -2.25. The van der Waals surface area contributed by atoms with Crippen molar-refractivity contribution in [3.8, 4) is 0 Å². The summed E-state index contributed by atoms with van der Waals surface area (Å²) in [6.45, 7) is -0.186. The second kappa shape index (κ2) is 6.58. The summed E-state index contributed by atoms with van der Waals surface area (Å²) in [5.41, 5.74) is 4.44. The van der Waals surface area contributed by atoms with Gasteiger partial charge in [0.15, 0.2) is 0 Å². The van der Waals surface area contributed by atoms with Crippen molar-refractivity contribution in [1.29, 1.82) is 0 Å². The van der Waals surface area contributed by atoms with E-state index in [0.29, 0.717) is 12.3 Å². The van der Waals surface area contributed by atoms with Crippen LogP contribution in [0, 0.1) is 23.5 Å². The average molecular weight is 320 g/mol. The Morgan fingerprint density at radius 2 is 2.00 bits per heavy atom. The summed E-state index contributed by atoms with van der Waals surface area (Å²) in [7, 11) is 0. The van der Waals surface area contributed by atoms with Crippen LogP contribution in [0.1, 0.15) is 30.9 Å². The van der Waals surface area contributed by atoms with Crippen LogP contribution in [0.15, 0.2) is 12.1 Å². The van der Waals surface area contributed by atoms with Crippen LogP contribution >= 0.6 is 11.6 Å². The summed E-state index contributed by atoms with van der Waals surface area (Å²) >= 11 is 5.56. The van der Waals surface area contributed by atoms with Gasteiger partial charge < -0.3 is 15.6 Å². The van der Waals surface area contributed by atoms with Crippen LogP contribution in [0.4, 0.5) is 13.6 Å². The van der Waals surface area contributed by atoms with Crippen LogP contribution in [0.2, 0.25) is 5.02 Å². The van der Waals surface area contributed by atoms with Gasteiger partial charge in [-0.2, -0.15) is 0 Å². The van der Waals surface area contributed by atoms with Gasteiger partial charge in [0, 0.05) is 10.9 Å². The highest BCUT2D eigenvalue weighted by atomic mass is 35.5. The zero-order chi connectivity index (χ0) is 15.6. The number of carbonyl (C=O) groups excluding carboxylic acids is 1. The van der Waals surface area contributed by atoms with E-state index in [1.165, 1.54) is 0 Å². The minimum atomic E-state index is -1.43. The first-order valence-electron chi connectivity index (χ1n) is 6.63. The topological polar surface area (TPSA) is 72.6 Å². The predicted molar refractivity (Wildman–Crippen MR) is 72.7 cm³/mol. The molecule has 0 saturated heterocycles. The Balaban J connectivity index is 2.19. The quantitative estimate of drug-likeness (QED) is 0.846. The van der Waals surface area contributed by atoms with E-state index in [4.69, 9.17) is 17.3 Å². The summed E-state index contributed by atoms with van der Waals surface area (Å²) in [4.78, 5) is 10.7. The molecule has 0 bridgehead atoms. The van der Waals surface area contributed by atoms with Crippen LogP contribution in [0.25, 0.3) is 0 Å². The summed E-state index contributed by atoms with van der Waals surface area (Å²) in [5.74, 6) is -2.09. The molecule has 21 heavy (non-hydrogen) atoms. The molecule has 1 fully saturated rings. The number of rotatable bonds is 6. The maximum absolute atomic E-state index is 13.9. The highest BCUT2D eigenvalue weighted by Crippen LogP contribution is 2.40. The Labute approximate surface area is 125 Å². The summed E-state index contributed by atoms with van der Waals surface area (Å²) in [5, 5.41) is 10.2. The zero-order valence-corrected chi connectivity index (χ0v) is 11.9. The molecule has 2 rings (SSSR count). The van der Waals surface area contributed by atoms with Gasteiger partial charge >= 0.3 is 6.09 Å². The van der Waals surface area contributed by atoms with Crippen LogP contribution in [-0.2, 0) is 4.74 Å². The maximum Gasteiger partial charge on any atom is 0.404 e. The highest BCUT2D eigenvalue weighted by Gasteiger charge is 2.33. The Bertz CT molecular complexity index is 514. The number of benzene rings is 1. The number of primary amides is 1. The van der Waals surface area contributed by atoms with Crippen molar-refractivity contribution in [2.24, 2.45) is 17.6 Å². The first-order chi connectivity index (χ1) is 9.88. The Morgan fingerprint density at radius 1 is 1.43 bits per heavy atom. The molecule has 3 N–H and O–H groups in total. The van der Waals surface area contributed by atoms with Gasteiger partial charge in [-0.1, -0.05) is 24.4 Å². The minimum Gasteiger partial charge on any atom is -0.449 e. The lowest BCUT2D eigenvalue weighted by molar-refractivity contribution is 0.0440. The first kappa shape index (κ1) is 16.0. The molecule has 1 aliphatic carbocycles. The number of ether oxygens (including phenoxy) is 1. The van der Waals surface area contributed by atoms with E-state index in [-0.39, 0.29) is 11.6 Å². The number of halogens is 3. The fourth-order valence-electron chi connectivity index (χ4n) is 2.33. The summed E-state index contributed by atoms with van der Waals surface area (Å²) < 4.78 is 32.4. The largest absolute Gasteiger partial charge is 0.449 e. The van der Waals surface area contributed by atoms with E-state index in [1.807, 2.05) is 0 Å². The molecule has 0 heterocycles. The molecule has 0 radical (unpaired) electrons. The van der Waals surface area contributed by atoms with Gasteiger partial charge in [-0.15, -0.1) is 0 Å². The molecular weight excluding hydrogens is 304 g/mol. The second-order valence-electron chi connectivity index (χ2n) is 5.30. The Kier molecular flexibility index (Phi) is 5.00. The normalized spacial score (nSPS) is 17.3. The monoisotopic (exact) mass is 319 g/mol. The third-order valence-electron chi connectivity index (χ3n) is 3.56. The summed E-state index contributed by atoms with van der Waals surface area (Å²) in [6.07, 6.45) is 0.0782. The lowest BCUT2D eigenvalue weighted by atomic mass is 9.91. The van der Waals surface area contributed by atoms with E-state index < -0.39 is 35.3 Å². The van der Waals surface area contributed by atoms with Crippen LogP contribution in [-0.4, -0.2) is 17.8 Å². The molecule has 1 aromatic rings. The van der Waals surface area contributed by atoms with Gasteiger partial charge in [0.1, 0.15) is 11.6 Å². The number of aliphatic hydroxyl groups is 1. The van der Waals surface area contributed by atoms with Crippen molar-refractivity contribution in [3.63, 3.8) is 0 Å². The highest BCUT2D eigenvalue weighted by molar-refractivity contribution is 6.30. The number of carbonyl (C=O) groups is 1. The third kappa shape index (κ3) is 4.28. The molecule has 116 valence electrons. The van der Waals surface area contributed by atoms with Crippen molar-refractivity contribution in [1.82, 2.24) is 0 Å². The zero-order valence-electron chi connectivity index (χ0n) is 11.2. The van der Waals surface area contributed by atoms with Gasteiger partial charge in [0.2, 0.25) is 0 Å². The minimum absolute atomic E-state index is 0.0897. The average Bonchev–Trinajstić information content (AvgIpc) is 3.16. The van der Waals surface area contributed by atoms with E-state index in [9.17, 15) is 18.7 Å². The number of nitrogens with two attached hydrogens (primary N) is 1. The van der Waals surface area contributed by atoms with Crippen molar-refractivity contribution in [3.05, 3.63) is 34.4 Å². The Hall–Kier alpha value is -1.40.